The molecule has 0 aliphatic carbocycles. The van der Waals surface area contributed by atoms with Crippen LogP contribution in [0.25, 0.3) is 0 Å². The van der Waals surface area contributed by atoms with E-state index >= 15 is 0 Å². The molecule has 17 heavy (non-hydrogen) atoms. The highest BCUT2D eigenvalue weighted by atomic mass is 19.1. The molecule has 1 aromatic rings. The lowest BCUT2D eigenvalue weighted by atomic mass is 9.97. The number of benzene rings is 1. The first-order valence-electron chi connectivity index (χ1n) is 5.30. The highest BCUT2D eigenvalue weighted by Gasteiger charge is 2.32. The number of hydrogen-bond acceptors (Lipinski definition) is 2. The second kappa shape index (κ2) is 4.24. The van der Waals surface area contributed by atoms with Crippen molar-refractivity contribution in [2.24, 2.45) is 5.92 Å². The van der Waals surface area contributed by atoms with Gasteiger partial charge >= 0.3 is 0 Å². The SMILES string of the molecule is CC1CC(=O)N(c2ccc(F)cc2F)C(=O)C1. The van der Waals surface area contributed by atoms with Crippen LogP contribution in [0.4, 0.5) is 14.5 Å². The third-order valence-corrected chi connectivity index (χ3v) is 2.70. The van der Waals surface area contributed by atoms with Gasteiger partial charge in [-0.2, -0.15) is 0 Å². The summed E-state index contributed by atoms with van der Waals surface area (Å²) >= 11 is 0. The van der Waals surface area contributed by atoms with Gasteiger partial charge in [0.25, 0.3) is 0 Å². The van der Waals surface area contributed by atoms with Gasteiger partial charge in [0.05, 0.1) is 5.69 Å². The van der Waals surface area contributed by atoms with Crippen LogP contribution in [0.2, 0.25) is 0 Å². The molecule has 0 N–H and O–H groups in total. The molecule has 1 fully saturated rings. The van der Waals surface area contributed by atoms with Gasteiger partial charge in [-0.25, -0.2) is 13.7 Å². The van der Waals surface area contributed by atoms with Gasteiger partial charge < -0.3 is 0 Å². The molecule has 0 aromatic heterocycles. The van der Waals surface area contributed by atoms with E-state index in [0.29, 0.717) is 6.07 Å². The van der Waals surface area contributed by atoms with Crippen LogP contribution in [0.1, 0.15) is 19.8 Å². The predicted molar refractivity (Wildman–Crippen MR) is 57.2 cm³/mol. The number of hydrogen-bond donors (Lipinski definition) is 0. The van der Waals surface area contributed by atoms with Crippen molar-refractivity contribution < 1.29 is 18.4 Å². The van der Waals surface area contributed by atoms with Gasteiger partial charge in [-0.05, 0) is 18.1 Å². The second-order valence-corrected chi connectivity index (χ2v) is 4.23. The van der Waals surface area contributed by atoms with E-state index in [2.05, 4.69) is 0 Å². The summed E-state index contributed by atoms with van der Waals surface area (Å²) in [5.41, 5.74) is -0.173. The molecular formula is C12H11F2NO2. The lowest BCUT2D eigenvalue weighted by Crippen LogP contribution is -2.43. The Balaban J connectivity index is 2.38. The van der Waals surface area contributed by atoms with Crippen LogP contribution >= 0.6 is 0 Å². The molecule has 0 spiro atoms. The molecule has 1 aliphatic heterocycles. The fourth-order valence-electron chi connectivity index (χ4n) is 1.92. The van der Waals surface area contributed by atoms with Gasteiger partial charge in [0.2, 0.25) is 11.8 Å². The number of amides is 2. The summed E-state index contributed by atoms with van der Waals surface area (Å²) in [6, 6.07) is 2.79. The van der Waals surface area contributed by atoms with Crippen LogP contribution < -0.4 is 4.90 Å². The quantitative estimate of drug-likeness (QED) is 0.705. The zero-order chi connectivity index (χ0) is 12.6. The third kappa shape index (κ3) is 2.18. The topological polar surface area (TPSA) is 37.4 Å². The van der Waals surface area contributed by atoms with Crippen molar-refractivity contribution in [1.82, 2.24) is 0 Å². The first kappa shape index (κ1) is 11.7. The first-order valence-corrected chi connectivity index (χ1v) is 5.30. The predicted octanol–water partition coefficient (Wildman–Crippen LogP) is 2.25. The van der Waals surface area contributed by atoms with Crippen LogP contribution in [-0.2, 0) is 9.59 Å². The smallest absolute Gasteiger partial charge is 0.234 e. The van der Waals surface area contributed by atoms with E-state index in [9.17, 15) is 18.4 Å². The third-order valence-electron chi connectivity index (χ3n) is 2.70. The van der Waals surface area contributed by atoms with Crippen molar-refractivity contribution in [2.75, 3.05) is 4.90 Å². The molecule has 1 saturated heterocycles. The van der Waals surface area contributed by atoms with Gasteiger partial charge in [0.1, 0.15) is 11.6 Å². The van der Waals surface area contributed by atoms with E-state index in [0.717, 1.165) is 17.0 Å². The lowest BCUT2D eigenvalue weighted by Gasteiger charge is -2.28. The zero-order valence-electron chi connectivity index (χ0n) is 9.24. The number of halogens is 2. The fourth-order valence-corrected chi connectivity index (χ4v) is 1.92. The molecule has 1 aromatic carbocycles. The molecule has 0 atom stereocenters. The Morgan fingerprint density at radius 1 is 1.18 bits per heavy atom. The molecule has 0 radical (unpaired) electrons. The molecule has 0 saturated carbocycles. The minimum atomic E-state index is -0.902. The average molecular weight is 239 g/mol. The van der Waals surface area contributed by atoms with E-state index in [4.69, 9.17) is 0 Å². The summed E-state index contributed by atoms with van der Waals surface area (Å²) in [5, 5.41) is 0. The molecule has 90 valence electrons. The Labute approximate surface area is 97.0 Å². The van der Waals surface area contributed by atoms with Gasteiger partial charge in [0, 0.05) is 18.9 Å². The molecule has 2 amide bonds. The van der Waals surface area contributed by atoms with Crippen LogP contribution in [0.15, 0.2) is 18.2 Å². The largest absolute Gasteiger partial charge is 0.274 e. The van der Waals surface area contributed by atoms with Crippen molar-refractivity contribution in [3.63, 3.8) is 0 Å². The van der Waals surface area contributed by atoms with Crippen LogP contribution in [0.3, 0.4) is 0 Å². The minimum Gasteiger partial charge on any atom is -0.274 e. The van der Waals surface area contributed by atoms with Crippen molar-refractivity contribution in [2.45, 2.75) is 19.8 Å². The highest BCUT2D eigenvalue weighted by Crippen LogP contribution is 2.27. The van der Waals surface area contributed by atoms with Gasteiger partial charge in [0.15, 0.2) is 0 Å². The first-order chi connectivity index (χ1) is 7.99. The summed E-state index contributed by atoms with van der Waals surface area (Å²) < 4.78 is 26.2. The van der Waals surface area contributed by atoms with E-state index in [1.807, 2.05) is 0 Å². The Morgan fingerprint density at radius 2 is 1.76 bits per heavy atom. The maximum absolute atomic E-state index is 13.5. The number of carbonyl (C=O) groups is 2. The molecule has 1 heterocycles. The van der Waals surface area contributed by atoms with Crippen LogP contribution in [0.5, 0.6) is 0 Å². The van der Waals surface area contributed by atoms with Crippen molar-refractivity contribution in [3.8, 4) is 0 Å². The number of anilines is 1. The van der Waals surface area contributed by atoms with E-state index in [1.54, 1.807) is 6.92 Å². The van der Waals surface area contributed by atoms with Crippen LogP contribution in [0, 0.1) is 17.6 Å². The molecular weight excluding hydrogens is 228 g/mol. The van der Waals surface area contributed by atoms with Crippen molar-refractivity contribution in [3.05, 3.63) is 29.8 Å². The van der Waals surface area contributed by atoms with Gasteiger partial charge in [-0.15, -0.1) is 0 Å². The normalized spacial score (nSPS) is 17.7. The standard InChI is InChI=1S/C12H11F2NO2/c1-7-4-11(16)15(12(17)5-7)10-3-2-8(13)6-9(10)14/h2-3,6-7H,4-5H2,1H3. The summed E-state index contributed by atoms with van der Waals surface area (Å²) in [5.74, 6) is -2.56. The lowest BCUT2D eigenvalue weighted by molar-refractivity contribution is -0.130. The Kier molecular flexibility index (Phi) is 2.92. The van der Waals surface area contributed by atoms with Gasteiger partial charge in [-0.1, -0.05) is 6.92 Å². The maximum atomic E-state index is 13.5. The zero-order valence-corrected chi connectivity index (χ0v) is 9.24. The average Bonchev–Trinajstić information content (AvgIpc) is 2.19. The molecule has 2 rings (SSSR count). The molecule has 1 aliphatic rings. The fraction of sp³-hybridized carbons (Fsp3) is 0.333. The van der Waals surface area contributed by atoms with Crippen LogP contribution in [-0.4, -0.2) is 11.8 Å². The van der Waals surface area contributed by atoms with E-state index < -0.39 is 23.4 Å². The highest BCUT2D eigenvalue weighted by molar-refractivity contribution is 6.16. The van der Waals surface area contributed by atoms with E-state index in [-0.39, 0.29) is 24.4 Å². The molecule has 0 bridgehead atoms. The second-order valence-electron chi connectivity index (χ2n) is 4.23. The number of piperidine rings is 1. The Hall–Kier alpha value is -1.78. The number of rotatable bonds is 1. The molecule has 3 nitrogen and oxygen atoms in total. The molecule has 5 heteroatoms. The van der Waals surface area contributed by atoms with Gasteiger partial charge in [-0.3, -0.25) is 9.59 Å². The summed E-state index contributed by atoms with van der Waals surface area (Å²) in [6.07, 6.45) is 0.394. The van der Waals surface area contributed by atoms with Crippen molar-refractivity contribution in [1.29, 1.82) is 0 Å². The van der Waals surface area contributed by atoms with E-state index in [1.165, 1.54) is 0 Å². The minimum absolute atomic E-state index is 0.0326. The number of imide groups is 1. The number of nitrogens with zero attached hydrogens (tertiary/aromatic N) is 1. The Morgan fingerprint density at radius 3 is 2.29 bits per heavy atom. The monoisotopic (exact) mass is 239 g/mol. The van der Waals surface area contributed by atoms with Crippen molar-refractivity contribution >= 4 is 17.5 Å². The maximum Gasteiger partial charge on any atom is 0.234 e. The number of carbonyl (C=O) groups excluding carboxylic acids is 2. The molecule has 0 unspecified atom stereocenters. The summed E-state index contributed by atoms with van der Waals surface area (Å²) in [6.45, 7) is 1.79. The Bertz CT molecular complexity index is 469. The summed E-state index contributed by atoms with van der Waals surface area (Å²) in [4.78, 5) is 24.2. The summed E-state index contributed by atoms with van der Waals surface area (Å²) in [7, 11) is 0.